The fourth-order valence-electron chi connectivity index (χ4n) is 10.0. The number of amides is 2. The Labute approximate surface area is 357 Å². The minimum absolute atomic E-state index is 0.00415. The van der Waals surface area contributed by atoms with Gasteiger partial charge in [-0.1, -0.05) is 69.3 Å². The maximum absolute atomic E-state index is 14.3. The van der Waals surface area contributed by atoms with E-state index in [-0.39, 0.29) is 36.4 Å². The molecule has 4 aliphatic rings. The topological polar surface area (TPSA) is 176 Å². The Kier molecular flexibility index (Phi) is 14.4. The molecule has 2 bridgehead atoms. The zero-order valence-corrected chi connectivity index (χ0v) is 37.1. The van der Waals surface area contributed by atoms with Crippen molar-refractivity contribution in [3.63, 3.8) is 0 Å². The second-order valence-corrected chi connectivity index (χ2v) is 18.7. The third-order valence-electron chi connectivity index (χ3n) is 13.4. The van der Waals surface area contributed by atoms with Gasteiger partial charge in [0.2, 0.25) is 17.2 Å². The number of hydrogen-bond donors (Lipinski definition) is 6. The van der Waals surface area contributed by atoms with Crippen LogP contribution in [0.5, 0.6) is 5.75 Å². The number of likely N-dealkylation sites (N-methyl/N-ethyl adjacent to an activating group) is 1. The zero-order chi connectivity index (χ0) is 43.6. The Morgan fingerprint density at radius 1 is 1.05 bits per heavy atom. The van der Waals surface area contributed by atoms with Crippen molar-refractivity contribution in [2.75, 3.05) is 53.4 Å². The van der Waals surface area contributed by atoms with Crippen molar-refractivity contribution >= 4 is 28.8 Å². The molecular weight excluding hydrogens is 785 g/mol. The zero-order valence-electron chi connectivity index (χ0n) is 36.3. The summed E-state index contributed by atoms with van der Waals surface area (Å²) in [5.41, 5.74) is 4.22. The van der Waals surface area contributed by atoms with Crippen LogP contribution in [0.4, 0.5) is 5.69 Å². The van der Waals surface area contributed by atoms with Gasteiger partial charge < -0.3 is 35.4 Å². The lowest BCUT2D eigenvalue weighted by Crippen LogP contribution is -2.62. The summed E-state index contributed by atoms with van der Waals surface area (Å²) < 4.78 is 30.8. The molecule has 60 heavy (non-hydrogen) atoms. The summed E-state index contributed by atoms with van der Waals surface area (Å²) in [7, 11) is 9.09. The van der Waals surface area contributed by atoms with Crippen molar-refractivity contribution < 1.29 is 38.1 Å². The molecule has 0 radical (unpaired) electrons. The SMILES string of the molecule is COc1c(CN2O[C@@H](CO)[C@@H]([C@H](C)O)[C@H]2C(=O)N[C@H]2C[C@H]3C[C@@H]([C@@H]2C)C3(C)C)cccc1-c1cc(C(=O)N[C@H](CN(C)C)[C@@H](NS(=O)O)c2ccccc2)cc(N(C)C)c1. The Hall–Kier alpha value is -3.93. The van der Waals surface area contributed by atoms with Crippen LogP contribution in [0, 0.1) is 29.1 Å². The van der Waals surface area contributed by atoms with Crippen molar-refractivity contribution in [1.29, 1.82) is 0 Å². The summed E-state index contributed by atoms with van der Waals surface area (Å²) in [4.78, 5) is 38.7. The molecule has 1 saturated heterocycles. The molecule has 2 amide bonds. The summed E-state index contributed by atoms with van der Waals surface area (Å²) in [6.45, 7) is 8.60. The van der Waals surface area contributed by atoms with Crippen LogP contribution < -0.4 is 25.0 Å². The van der Waals surface area contributed by atoms with E-state index in [0.717, 1.165) is 17.7 Å². The van der Waals surface area contributed by atoms with Crippen LogP contribution in [0.15, 0.2) is 66.7 Å². The van der Waals surface area contributed by atoms with Gasteiger partial charge in [0.15, 0.2) is 0 Å². The molecule has 14 nitrogen and oxygen atoms in total. The number of aliphatic hydroxyl groups excluding tert-OH is 2. The summed E-state index contributed by atoms with van der Waals surface area (Å²) in [6, 6.07) is 18.3. The third-order valence-corrected chi connectivity index (χ3v) is 13.8. The van der Waals surface area contributed by atoms with Gasteiger partial charge in [0.05, 0.1) is 38.4 Å². The maximum atomic E-state index is 14.3. The molecule has 3 aliphatic carbocycles. The average molecular weight is 849 g/mol. The third kappa shape index (κ3) is 9.58. The fourth-order valence-corrected chi connectivity index (χ4v) is 10.5. The van der Waals surface area contributed by atoms with Crippen LogP contribution in [-0.2, 0) is 27.4 Å². The van der Waals surface area contributed by atoms with E-state index in [2.05, 4.69) is 36.1 Å². The fraction of sp³-hybridized carbons (Fsp3) is 0.556. The first-order valence-electron chi connectivity index (χ1n) is 20.8. The Morgan fingerprint density at radius 2 is 1.77 bits per heavy atom. The van der Waals surface area contributed by atoms with Crippen LogP contribution >= 0.6 is 0 Å². The van der Waals surface area contributed by atoms with E-state index >= 15 is 0 Å². The van der Waals surface area contributed by atoms with E-state index < -0.39 is 47.5 Å². The molecule has 15 heteroatoms. The second kappa shape index (κ2) is 19.0. The normalized spacial score (nSPS) is 26.7. The quantitative estimate of drug-likeness (QED) is 0.107. The molecule has 328 valence electrons. The molecular formula is C45H64N6O8S. The number of hydroxylamine groups is 2. The molecule has 0 spiro atoms. The van der Waals surface area contributed by atoms with Crippen LogP contribution in [0.25, 0.3) is 11.1 Å². The lowest BCUT2D eigenvalue weighted by Gasteiger charge is -2.62. The molecule has 6 N–H and O–H groups in total. The average Bonchev–Trinajstić information content (AvgIpc) is 3.58. The van der Waals surface area contributed by atoms with Crippen molar-refractivity contribution in [2.24, 2.45) is 29.1 Å². The van der Waals surface area contributed by atoms with Crippen LogP contribution in [-0.4, -0.2) is 120 Å². The van der Waals surface area contributed by atoms with E-state index in [1.54, 1.807) is 31.2 Å². The summed E-state index contributed by atoms with van der Waals surface area (Å²) in [5, 5.41) is 29.5. The van der Waals surface area contributed by atoms with E-state index in [9.17, 15) is 28.6 Å². The predicted octanol–water partition coefficient (Wildman–Crippen LogP) is 4.22. The number of para-hydroxylation sites is 1. The number of nitrogens with zero attached hydrogens (tertiary/aromatic N) is 3. The van der Waals surface area contributed by atoms with Crippen molar-refractivity contribution in [3.8, 4) is 16.9 Å². The van der Waals surface area contributed by atoms with Gasteiger partial charge in [0.25, 0.3) is 5.91 Å². The molecule has 3 aromatic carbocycles. The smallest absolute Gasteiger partial charge is 0.251 e. The van der Waals surface area contributed by atoms with Crippen molar-refractivity contribution in [1.82, 2.24) is 25.3 Å². The Balaban J connectivity index is 1.31. The first kappa shape index (κ1) is 45.6. The van der Waals surface area contributed by atoms with E-state index in [1.807, 2.05) is 92.6 Å². The number of carbonyl (C=O) groups excluding carboxylic acids is 2. The van der Waals surface area contributed by atoms with E-state index in [4.69, 9.17) is 9.57 Å². The highest BCUT2D eigenvalue weighted by Crippen LogP contribution is 2.61. The summed E-state index contributed by atoms with van der Waals surface area (Å²) in [6.07, 6.45) is 0.347. The van der Waals surface area contributed by atoms with Gasteiger partial charge in [-0.05, 0) is 86.4 Å². The van der Waals surface area contributed by atoms with Gasteiger partial charge >= 0.3 is 0 Å². The number of fused-ring (bicyclic) bond motifs is 2. The maximum Gasteiger partial charge on any atom is 0.251 e. The van der Waals surface area contributed by atoms with E-state index in [1.165, 1.54) is 6.42 Å². The number of methoxy groups -OCH3 is 1. The molecule has 3 saturated carbocycles. The van der Waals surface area contributed by atoms with Crippen molar-refractivity contribution in [3.05, 3.63) is 83.4 Å². The lowest BCUT2D eigenvalue weighted by molar-refractivity contribution is -0.183. The number of ether oxygens (including phenoxy) is 1. The highest BCUT2D eigenvalue weighted by atomic mass is 32.2. The van der Waals surface area contributed by atoms with Crippen LogP contribution in [0.3, 0.4) is 0 Å². The lowest BCUT2D eigenvalue weighted by atomic mass is 9.45. The molecule has 7 rings (SSSR count). The molecule has 0 aromatic heterocycles. The van der Waals surface area contributed by atoms with Gasteiger partial charge in [-0.2, -0.15) is 5.06 Å². The minimum atomic E-state index is -2.36. The number of anilines is 1. The Bertz CT molecular complexity index is 2000. The van der Waals surface area contributed by atoms with Gasteiger partial charge in [-0.3, -0.25) is 19.0 Å². The first-order chi connectivity index (χ1) is 28.4. The number of carbonyl (C=O) groups is 2. The van der Waals surface area contributed by atoms with Crippen molar-refractivity contribution in [2.45, 2.75) is 83.5 Å². The molecule has 4 fully saturated rings. The number of aliphatic hydroxyl groups is 2. The highest BCUT2D eigenvalue weighted by molar-refractivity contribution is 7.77. The number of hydrogen-bond acceptors (Lipinski definition) is 10. The summed E-state index contributed by atoms with van der Waals surface area (Å²) >= 11 is -2.36. The highest BCUT2D eigenvalue weighted by Gasteiger charge is 2.57. The molecule has 1 unspecified atom stereocenters. The molecule has 1 aliphatic heterocycles. The van der Waals surface area contributed by atoms with Gasteiger partial charge in [0.1, 0.15) is 17.9 Å². The first-order valence-corrected chi connectivity index (χ1v) is 21.9. The van der Waals surface area contributed by atoms with Gasteiger partial charge in [-0.25, -0.2) is 8.93 Å². The van der Waals surface area contributed by atoms with Gasteiger partial charge in [0, 0.05) is 55.0 Å². The minimum Gasteiger partial charge on any atom is -0.496 e. The predicted molar refractivity (Wildman–Crippen MR) is 233 cm³/mol. The number of benzene rings is 3. The molecule has 1 heterocycles. The number of nitrogens with one attached hydrogen (secondary N) is 3. The van der Waals surface area contributed by atoms with E-state index in [0.29, 0.717) is 52.3 Å². The molecule has 3 aromatic rings. The van der Waals surface area contributed by atoms with Gasteiger partial charge in [-0.15, -0.1) is 0 Å². The molecule has 11 atom stereocenters. The summed E-state index contributed by atoms with van der Waals surface area (Å²) in [5.74, 6) is 0.591. The second-order valence-electron chi connectivity index (χ2n) is 18.0. The Morgan fingerprint density at radius 3 is 2.35 bits per heavy atom. The number of rotatable bonds is 17. The monoisotopic (exact) mass is 848 g/mol. The standard InChI is InChI=1S/C45H64N6O8S/c1-26-35-21-32(45(35,3)4)22-36(26)46-44(55)41-39(27(2)53)38(25-52)59-51(41)23-29-16-13-17-34(42(29)58-9)30-18-31(20-33(19-30)50(7)8)43(54)47-37(24-49(5)6)40(48-60(56)57)28-14-11-10-12-15-28/h10-20,26-27,32,35-41,48,52-53H,21-25H2,1-9H3,(H,46,55)(H,47,54)(H,56,57)/t26-,27-,32+,35-,36-,37+,38-,39+,40-,41-/m0/s1. The largest absolute Gasteiger partial charge is 0.496 e. The van der Waals surface area contributed by atoms with Crippen LogP contribution in [0.2, 0.25) is 0 Å². The van der Waals surface area contributed by atoms with Crippen LogP contribution in [0.1, 0.15) is 68.1 Å².